The minimum absolute atomic E-state index is 0.891. The minimum Gasteiger partial charge on any atom is -0.456 e. The molecule has 4 heteroatoms. The number of hydrogen-bond donors (Lipinski definition) is 0. The summed E-state index contributed by atoms with van der Waals surface area (Å²) >= 11 is 1.87. The third-order valence-corrected chi connectivity index (χ3v) is 17.4. The number of rotatable bonds is 6. The van der Waals surface area contributed by atoms with Gasteiger partial charge in [-0.15, -0.1) is 11.3 Å². The Kier molecular flexibility index (Phi) is 9.83. The van der Waals surface area contributed by atoms with Crippen LogP contribution in [0.4, 0.5) is 0 Å². The Labute approximate surface area is 445 Å². The predicted octanol–water partition coefficient (Wildman–Crippen LogP) is 20.7. The topological polar surface area (TPSA) is 23.0 Å². The Hall–Kier alpha value is -8.96. The molecule has 0 N–H and O–H groups in total. The van der Waals surface area contributed by atoms with Crippen LogP contribution in [0.5, 0.6) is 0 Å². The summed E-state index contributed by atoms with van der Waals surface area (Å²) in [6.07, 6.45) is 0. The van der Waals surface area contributed by atoms with E-state index < -0.39 is 0 Å². The van der Waals surface area contributed by atoms with Gasteiger partial charge in [-0.05, 0) is 199 Å². The second-order valence-electron chi connectivity index (χ2n) is 21.2. The second kappa shape index (κ2) is 16.8. The van der Waals surface area contributed by atoms with Crippen molar-refractivity contribution in [2.75, 3.05) is 0 Å². The normalized spacial score (nSPS) is 12.1. The molecule has 0 saturated carbocycles. The third kappa shape index (κ3) is 6.73. The molecular weight excluding hydrogens is 941 g/mol. The quantitative estimate of drug-likeness (QED) is 0.163. The number of hydrogen-bond acceptors (Lipinski definition) is 2. The number of aromatic nitrogens is 2. The van der Waals surface area contributed by atoms with Crippen molar-refractivity contribution in [3.63, 3.8) is 0 Å². The lowest BCUT2D eigenvalue weighted by molar-refractivity contribution is 0.669. The number of furan rings is 1. The molecule has 4 aromatic heterocycles. The van der Waals surface area contributed by atoms with Crippen molar-refractivity contribution in [2.24, 2.45) is 0 Å². The zero-order chi connectivity index (χ0) is 51.1. The molecule has 0 aliphatic heterocycles. The van der Waals surface area contributed by atoms with E-state index in [1.54, 1.807) is 0 Å². The van der Waals surface area contributed by atoms with Crippen LogP contribution in [0.25, 0.3) is 142 Å². The Balaban J connectivity index is 0.969. The van der Waals surface area contributed by atoms with Gasteiger partial charge < -0.3 is 13.6 Å². The minimum atomic E-state index is 0.891. The highest BCUT2D eigenvalue weighted by Gasteiger charge is 2.23. The zero-order valence-electron chi connectivity index (χ0n) is 43.3. The summed E-state index contributed by atoms with van der Waals surface area (Å²) in [4.78, 5) is 0. The maximum atomic E-state index is 6.35. The van der Waals surface area contributed by atoms with Gasteiger partial charge in [-0.3, -0.25) is 0 Å². The van der Waals surface area contributed by atoms with E-state index in [-0.39, 0.29) is 0 Å². The number of aryl methyl sites for hydroxylation is 6. The van der Waals surface area contributed by atoms with Crippen molar-refractivity contribution in [3.8, 4) is 55.9 Å². The summed E-state index contributed by atoms with van der Waals surface area (Å²) in [7, 11) is 0. The van der Waals surface area contributed by atoms with Gasteiger partial charge in [0.05, 0.1) is 22.1 Å². The Morgan fingerprint density at radius 2 is 0.803 bits per heavy atom. The first-order valence-corrected chi connectivity index (χ1v) is 27.2. The lowest BCUT2D eigenvalue weighted by Gasteiger charge is -2.13. The van der Waals surface area contributed by atoms with Gasteiger partial charge in [0.1, 0.15) is 11.2 Å². The molecule has 0 unspecified atom stereocenters. The van der Waals surface area contributed by atoms with Crippen LogP contribution in [0.15, 0.2) is 211 Å². The highest BCUT2D eigenvalue weighted by Crippen LogP contribution is 2.46. The molecule has 0 fully saturated rings. The molecule has 0 atom stereocenters. The number of thiophene rings is 1. The van der Waals surface area contributed by atoms with Crippen molar-refractivity contribution in [2.45, 2.75) is 41.5 Å². The van der Waals surface area contributed by atoms with Crippen molar-refractivity contribution in [3.05, 3.63) is 240 Å². The molecule has 0 bridgehead atoms. The first-order chi connectivity index (χ1) is 37.1. The van der Waals surface area contributed by atoms with Crippen molar-refractivity contribution >= 4 is 97.1 Å². The van der Waals surface area contributed by atoms with Gasteiger partial charge in [0.25, 0.3) is 0 Å². The van der Waals surface area contributed by atoms with E-state index in [2.05, 4.69) is 251 Å². The molecule has 15 aromatic rings. The summed E-state index contributed by atoms with van der Waals surface area (Å²) in [5, 5.41) is 9.78. The highest BCUT2D eigenvalue weighted by molar-refractivity contribution is 7.25. The molecular formula is C72H52N2OS. The molecule has 4 heterocycles. The van der Waals surface area contributed by atoms with Gasteiger partial charge >= 0.3 is 0 Å². The summed E-state index contributed by atoms with van der Waals surface area (Å²) in [6, 6.07) is 77.4. The van der Waals surface area contributed by atoms with Crippen LogP contribution in [0.1, 0.15) is 33.4 Å². The van der Waals surface area contributed by atoms with Crippen LogP contribution < -0.4 is 0 Å². The van der Waals surface area contributed by atoms with Gasteiger partial charge in [-0.25, -0.2) is 0 Å². The average molecular weight is 993 g/mol. The Morgan fingerprint density at radius 3 is 1.39 bits per heavy atom. The maximum absolute atomic E-state index is 6.35. The van der Waals surface area contributed by atoms with Crippen LogP contribution in [0.2, 0.25) is 0 Å². The van der Waals surface area contributed by atoms with Gasteiger partial charge in [0.15, 0.2) is 0 Å². The Bertz CT molecular complexity index is 4600. The smallest absolute Gasteiger partial charge is 0.135 e. The molecule has 11 aromatic carbocycles. The summed E-state index contributed by atoms with van der Waals surface area (Å²) < 4.78 is 13.9. The van der Waals surface area contributed by atoms with Gasteiger partial charge in [-0.1, -0.05) is 126 Å². The summed E-state index contributed by atoms with van der Waals surface area (Å²) in [6.45, 7) is 13.4. The van der Waals surface area contributed by atoms with Crippen LogP contribution in [-0.4, -0.2) is 9.13 Å². The van der Waals surface area contributed by atoms with Gasteiger partial charge in [0.2, 0.25) is 0 Å². The molecule has 0 amide bonds. The van der Waals surface area contributed by atoms with Crippen LogP contribution in [0.3, 0.4) is 0 Å². The molecule has 0 saturated heterocycles. The SMILES string of the molecule is Cc1cc(C)c(-c2ccc3c(c2)c2c(-c4cccc(-c5cccc6c5c5cc(-c7c(C)cc(C)cc7C)ccc5n6-c5ccc6sc7ccccc7c6c5)c4)cccc2n3-c2ccc3oc4ccccc4c3c2)c(C)c1. The molecule has 362 valence electrons. The fourth-order valence-electron chi connectivity index (χ4n) is 13.3. The monoisotopic (exact) mass is 992 g/mol. The largest absolute Gasteiger partial charge is 0.456 e. The average Bonchev–Trinajstić information content (AvgIpc) is 4.29. The van der Waals surface area contributed by atoms with Crippen molar-refractivity contribution < 1.29 is 4.42 Å². The molecule has 0 aliphatic carbocycles. The van der Waals surface area contributed by atoms with E-state index in [1.165, 1.54) is 131 Å². The number of para-hydroxylation sites is 1. The lowest BCUT2D eigenvalue weighted by Crippen LogP contribution is -1.94. The van der Waals surface area contributed by atoms with E-state index in [4.69, 9.17) is 4.42 Å². The molecule has 15 rings (SSSR count). The second-order valence-corrected chi connectivity index (χ2v) is 22.3. The van der Waals surface area contributed by atoms with Crippen LogP contribution in [0, 0.1) is 41.5 Å². The standard InChI is InChI=1S/C72H52N2OS/c1-41-32-43(3)69(44(4)33-41)49-24-28-61-59(37-49)71-53(18-12-20-63(71)73(61)51-26-30-66-57(39-51)55-16-7-9-22-65(55)75-66)47-14-11-15-48(36-47)54-19-13-21-64-72(54)60-38-50(70-45(5)34-42(2)35-46(70)6)25-29-62(60)74(64)52-27-31-68-58(40-52)56-17-8-10-23-67(56)76-68/h7-40H,1-6H3. The molecule has 0 aliphatic rings. The van der Waals surface area contributed by atoms with E-state index in [0.29, 0.717) is 0 Å². The predicted molar refractivity (Wildman–Crippen MR) is 325 cm³/mol. The summed E-state index contributed by atoms with van der Waals surface area (Å²) in [5.41, 5.74) is 26.3. The molecule has 0 radical (unpaired) electrons. The van der Waals surface area contributed by atoms with Gasteiger partial charge in [0, 0.05) is 63.9 Å². The fraction of sp³-hybridized carbons (Fsp3) is 0.0833. The first kappa shape index (κ1) is 44.5. The zero-order valence-corrected chi connectivity index (χ0v) is 44.2. The molecule has 76 heavy (non-hydrogen) atoms. The maximum Gasteiger partial charge on any atom is 0.135 e. The number of benzene rings is 11. The van der Waals surface area contributed by atoms with Crippen LogP contribution >= 0.6 is 11.3 Å². The Morgan fingerprint density at radius 1 is 0.316 bits per heavy atom. The number of fused-ring (bicyclic) bond motifs is 12. The van der Waals surface area contributed by atoms with E-state index in [1.807, 2.05) is 17.4 Å². The fourth-order valence-corrected chi connectivity index (χ4v) is 14.4. The first-order valence-electron chi connectivity index (χ1n) is 26.4. The van der Waals surface area contributed by atoms with Crippen molar-refractivity contribution in [1.29, 1.82) is 0 Å². The molecule has 0 spiro atoms. The highest BCUT2D eigenvalue weighted by atomic mass is 32.1. The van der Waals surface area contributed by atoms with E-state index >= 15 is 0 Å². The number of nitrogens with zero attached hydrogens (tertiary/aromatic N) is 2. The molecule has 3 nitrogen and oxygen atoms in total. The van der Waals surface area contributed by atoms with Gasteiger partial charge in [-0.2, -0.15) is 0 Å². The van der Waals surface area contributed by atoms with Crippen LogP contribution in [-0.2, 0) is 0 Å². The van der Waals surface area contributed by atoms with E-state index in [9.17, 15) is 0 Å². The van der Waals surface area contributed by atoms with E-state index in [0.717, 1.165) is 44.3 Å². The summed E-state index contributed by atoms with van der Waals surface area (Å²) in [5.74, 6) is 0. The third-order valence-electron chi connectivity index (χ3n) is 16.2. The van der Waals surface area contributed by atoms with Crippen molar-refractivity contribution in [1.82, 2.24) is 9.13 Å². The lowest BCUT2D eigenvalue weighted by atomic mass is 9.91.